The number of carbonyl (C=O) groups is 2. The lowest BCUT2D eigenvalue weighted by atomic mass is 9.82. The fourth-order valence-electron chi connectivity index (χ4n) is 4.08. The zero-order valence-electron chi connectivity index (χ0n) is 25.2. The molecule has 0 saturated carbocycles. The number of thioether (sulfide) groups is 1. The Hall–Kier alpha value is -3.19. The molecule has 0 atom stereocenters. The van der Waals surface area contributed by atoms with E-state index in [-0.39, 0.29) is 35.2 Å². The van der Waals surface area contributed by atoms with Gasteiger partial charge in [-0.25, -0.2) is 0 Å². The van der Waals surface area contributed by atoms with Crippen LogP contribution in [0.2, 0.25) is 0 Å². The molecule has 2 aromatic carbocycles. The first-order valence-corrected chi connectivity index (χ1v) is 13.6. The molecule has 0 spiro atoms. The van der Waals surface area contributed by atoms with Crippen LogP contribution in [0.4, 0.5) is 0 Å². The number of aromatic hydroxyl groups is 2. The van der Waals surface area contributed by atoms with Crippen molar-refractivity contribution in [1.29, 1.82) is 0 Å². The van der Waals surface area contributed by atoms with Gasteiger partial charge in [0.15, 0.2) is 0 Å². The van der Waals surface area contributed by atoms with E-state index in [0.717, 1.165) is 22.3 Å². The number of aliphatic carboxylic acids is 2. The minimum Gasteiger partial charge on any atom is -0.507 e. The second-order valence-electron chi connectivity index (χ2n) is 11.5. The minimum absolute atomic E-state index is 0.0460. The Morgan fingerprint density at radius 3 is 1.18 bits per heavy atom. The van der Waals surface area contributed by atoms with Gasteiger partial charge in [-0.1, -0.05) is 66.8 Å². The highest BCUT2D eigenvalue weighted by Gasteiger charge is 2.23. The predicted octanol–water partition coefficient (Wildman–Crippen LogP) is 7.87. The molecule has 0 aliphatic carbocycles. The Bertz CT molecular complexity index is 1100. The van der Waals surface area contributed by atoms with E-state index in [4.69, 9.17) is 10.2 Å². The number of carboxylic acids is 2. The topological polar surface area (TPSA) is 115 Å². The number of phenolic OH excluding ortho intramolecular Hbond substituents is 2. The molecule has 0 saturated heterocycles. The number of rotatable bonds is 6. The van der Waals surface area contributed by atoms with Gasteiger partial charge in [0.25, 0.3) is 0 Å². The molecule has 0 amide bonds. The lowest BCUT2D eigenvalue weighted by Gasteiger charge is -2.24. The molecule has 6 nitrogen and oxygen atoms in total. The molecule has 0 aliphatic rings. The molecule has 0 bridgehead atoms. The number of carboxylic acid groups (broad SMARTS) is 2. The molecular weight excluding hydrogens is 512 g/mol. The summed E-state index contributed by atoms with van der Waals surface area (Å²) in [6.07, 6.45) is -0.0920. The van der Waals surface area contributed by atoms with Gasteiger partial charge in [-0.15, -0.1) is 11.8 Å². The second-order valence-corrected chi connectivity index (χ2v) is 12.4. The smallest absolute Gasteiger partial charge is 0.307 e. The van der Waals surface area contributed by atoms with Gasteiger partial charge in [0.05, 0.1) is 12.8 Å². The van der Waals surface area contributed by atoms with Crippen LogP contribution in [0.5, 0.6) is 11.5 Å². The van der Waals surface area contributed by atoms with E-state index in [9.17, 15) is 19.8 Å². The average molecular weight is 559 g/mol. The molecule has 0 heterocycles. The van der Waals surface area contributed by atoms with Crippen molar-refractivity contribution in [2.45, 2.75) is 92.9 Å². The molecule has 0 radical (unpaired) electrons. The highest BCUT2D eigenvalue weighted by Crippen LogP contribution is 2.37. The summed E-state index contributed by atoms with van der Waals surface area (Å²) in [6, 6.07) is 3.78. The van der Waals surface area contributed by atoms with Crippen molar-refractivity contribution in [2.75, 3.05) is 0 Å². The van der Waals surface area contributed by atoms with Gasteiger partial charge >= 0.3 is 11.9 Å². The van der Waals surface area contributed by atoms with Crippen LogP contribution >= 0.6 is 11.8 Å². The molecule has 216 valence electrons. The van der Waals surface area contributed by atoms with Crippen LogP contribution in [0.1, 0.15) is 86.1 Å². The van der Waals surface area contributed by atoms with Crippen LogP contribution in [0.3, 0.4) is 0 Å². The number of phenols is 2. The van der Waals surface area contributed by atoms with Crippen molar-refractivity contribution in [3.05, 3.63) is 80.6 Å². The molecule has 39 heavy (non-hydrogen) atoms. The zero-order valence-corrected chi connectivity index (χ0v) is 26.0. The summed E-state index contributed by atoms with van der Waals surface area (Å²) in [7, 11) is 0. The van der Waals surface area contributed by atoms with Crippen molar-refractivity contribution in [2.24, 2.45) is 0 Å². The first-order valence-electron chi connectivity index (χ1n) is 12.7. The van der Waals surface area contributed by atoms with Crippen LogP contribution in [0, 0.1) is 27.7 Å². The van der Waals surface area contributed by atoms with Crippen molar-refractivity contribution in [3.8, 4) is 11.5 Å². The van der Waals surface area contributed by atoms with Gasteiger partial charge in [0, 0.05) is 0 Å². The van der Waals surface area contributed by atoms with E-state index in [0.29, 0.717) is 22.3 Å². The normalized spacial score (nSPS) is 10.9. The summed E-state index contributed by atoms with van der Waals surface area (Å²) in [4.78, 5) is 21.6. The van der Waals surface area contributed by atoms with Gasteiger partial charge in [-0.05, 0) is 93.8 Å². The second kappa shape index (κ2) is 14.8. The summed E-state index contributed by atoms with van der Waals surface area (Å²) in [6.45, 7) is 26.4. The van der Waals surface area contributed by atoms with Crippen molar-refractivity contribution >= 4 is 23.7 Å². The molecule has 0 unspecified atom stereocenters. The van der Waals surface area contributed by atoms with E-state index in [1.54, 1.807) is 24.7 Å². The lowest BCUT2D eigenvalue weighted by Crippen LogP contribution is -2.14. The number of hydrogen-bond donors (Lipinski definition) is 4. The van der Waals surface area contributed by atoms with Gasteiger partial charge in [0.2, 0.25) is 0 Å². The van der Waals surface area contributed by atoms with Crippen LogP contribution in [0.25, 0.3) is 0 Å². The highest BCUT2D eigenvalue weighted by molar-refractivity contribution is 8.04. The van der Waals surface area contributed by atoms with E-state index in [2.05, 4.69) is 13.2 Å². The van der Waals surface area contributed by atoms with E-state index >= 15 is 0 Å². The summed E-state index contributed by atoms with van der Waals surface area (Å²) in [5.74, 6) is -1.31. The molecule has 2 rings (SSSR count). The molecule has 7 heteroatoms. The Morgan fingerprint density at radius 1 is 0.718 bits per heavy atom. The maximum atomic E-state index is 10.8. The predicted molar refractivity (Wildman–Crippen MR) is 163 cm³/mol. The Labute approximate surface area is 238 Å². The van der Waals surface area contributed by atoms with E-state index in [1.165, 1.54) is 11.8 Å². The maximum Gasteiger partial charge on any atom is 0.307 e. The first kappa shape index (κ1) is 35.8. The molecular formula is C32H46O6S. The van der Waals surface area contributed by atoms with Crippen molar-refractivity contribution in [1.82, 2.24) is 0 Å². The lowest BCUT2D eigenvalue weighted by molar-refractivity contribution is -0.137. The minimum atomic E-state index is -0.876. The average Bonchev–Trinajstić information content (AvgIpc) is 2.78. The summed E-state index contributed by atoms with van der Waals surface area (Å²) >= 11 is 1.49. The van der Waals surface area contributed by atoms with E-state index in [1.807, 2.05) is 67.5 Å². The molecule has 0 aromatic heterocycles. The van der Waals surface area contributed by atoms with Gasteiger partial charge < -0.3 is 20.4 Å². The van der Waals surface area contributed by atoms with Gasteiger partial charge in [-0.3, -0.25) is 9.59 Å². The largest absolute Gasteiger partial charge is 0.507 e. The maximum absolute atomic E-state index is 10.8. The fraction of sp³-hybridized carbons (Fsp3) is 0.438. The fourth-order valence-corrected chi connectivity index (χ4v) is 4.22. The molecule has 0 fully saturated rings. The monoisotopic (exact) mass is 558 g/mol. The third kappa shape index (κ3) is 10.8. The first-order chi connectivity index (χ1) is 17.7. The molecule has 0 aliphatic heterocycles. The molecule has 4 N–H and O–H groups in total. The Kier molecular flexibility index (Phi) is 13.6. The number of hydrogen-bond acceptors (Lipinski definition) is 5. The summed E-state index contributed by atoms with van der Waals surface area (Å²) in [5.41, 5.74) is 6.05. The van der Waals surface area contributed by atoms with Crippen molar-refractivity contribution in [3.63, 3.8) is 0 Å². The van der Waals surface area contributed by atoms with Crippen molar-refractivity contribution < 1.29 is 30.0 Å². The summed E-state index contributed by atoms with van der Waals surface area (Å²) < 4.78 is 0. The zero-order chi connectivity index (χ0) is 30.9. The van der Waals surface area contributed by atoms with Gasteiger partial charge in [-0.2, -0.15) is 0 Å². The summed E-state index contributed by atoms with van der Waals surface area (Å²) in [5, 5.41) is 41.5. The molecule has 2 aromatic rings. The Balaban J connectivity index is 0.000000632. The number of aryl methyl sites for hydroxylation is 2. The third-order valence-electron chi connectivity index (χ3n) is 6.26. The Morgan fingerprint density at radius 2 is 1.00 bits per heavy atom. The van der Waals surface area contributed by atoms with E-state index < -0.39 is 11.9 Å². The van der Waals surface area contributed by atoms with Crippen LogP contribution in [-0.2, 0) is 33.3 Å². The SMILES string of the molecule is C=CSC=C.Cc1cc(C(C)(C)C)c(O)c(C)c1CC(=O)O.Cc1cc(C(C)(C)C)c(O)c(C)c1CC(=O)O. The van der Waals surface area contributed by atoms with Crippen LogP contribution < -0.4 is 0 Å². The van der Waals surface area contributed by atoms with Crippen LogP contribution in [-0.4, -0.2) is 32.4 Å². The number of benzene rings is 2. The highest BCUT2D eigenvalue weighted by atomic mass is 32.2. The standard InChI is InChI=1S/2C14H20O3.C4H6S/c2*1-8-6-11(14(3,4)5)13(17)9(2)10(8)7-12(15)16;1-3-5-4-2/h2*6,17H,7H2,1-5H3,(H,15,16);3-4H,1-2H2. The van der Waals surface area contributed by atoms with Gasteiger partial charge in [0.1, 0.15) is 11.5 Å². The third-order valence-corrected chi connectivity index (χ3v) is 6.65. The quantitative estimate of drug-likeness (QED) is 0.285. The van der Waals surface area contributed by atoms with Crippen LogP contribution in [0.15, 0.2) is 36.1 Å².